The molecule has 1 aliphatic carbocycles. The van der Waals surface area contributed by atoms with Gasteiger partial charge in [-0.3, -0.25) is 14.4 Å². The number of nitrogens with two attached hydrogens (primary N) is 1. The lowest BCUT2D eigenvalue weighted by molar-refractivity contribution is -0.189. The molecule has 1 saturated carbocycles. The van der Waals surface area contributed by atoms with E-state index in [0.717, 1.165) is 0 Å². The van der Waals surface area contributed by atoms with E-state index in [-0.39, 0.29) is 11.8 Å². The van der Waals surface area contributed by atoms with Crippen LogP contribution in [0.5, 0.6) is 0 Å². The Kier molecular flexibility index (Phi) is 7.31. The summed E-state index contributed by atoms with van der Waals surface area (Å²) >= 11 is 0. The highest BCUT2D eigenvalue weighted by atomic mass is 16.7. The zero-order valence-electron chi connectivity index (χ0n) is 13.1. The number of carboxylic acids is 1. The molecule has 0 saturated heterocycles. The van der Waals surface area contributed by atoms with Crippen LogP contribution in [0.4, 0.5) is 0 Å². The summed E-state index contributed by atoms with van der Waals surface area (Å²) < 4.78 is 10.1. The summed E-state index contributed by atoms with van der Waals surface area (Å²) in [7, 11) is 0. The molecule has 0 heterocycles. The highest BCUT2D eigenvalue weighted by Gasteiger charge is 2.33. The fraction of sp³-hybridized carbons (Fsp3) is 0.800. The van der Waals surface area contributed by atoms with Crippen LogP contribution in [-0.4, -0.2) is 35.3 Å². The smallest absolute Gasteiger partial charge is 0.326 e. The molecule has 0 aromatic heterocycles. The van der Waals surface area contributed by atoms with Gasteiger partial charge >= 0.3 is 17.9 Å². The summed E-state index contributed by atoms with van der Waals surface area (Å²) in [6.45, 7) is 3.14. The molecular weight excluding hydrogens is 290 g/mol. The van der Waals surface area contributed by atoms with Crippen LogP contribution in [0.2, 0.25) is 0 Å². The van der Waals surface area contributed by atoms with Crippen LogP contribution >= 0.6 is 0 Å². The lowest BCUT2D eigenvalue weighted by Gasteiger charge is -2.30. The Balaban J connectivity index is 2.50. The molecule has 126 valence electrons. The quantitative estimate of drug-likeness (QED) is 0.539. The molecule has 0 aromatic rings. The highest BCUT2D eigenvalue weighted by Crippen LogP contribution is 2.31. The summed E-state index contributed by atoms with van der Waals surface area (Å²) in [5.74, 6) is -2.36. The summed E-state index contributed by atoms with van der Waals surface area (Å²) in [4.78, 5) is 34.0. The van der Waals surface area contributed by atoms with E-state index in [1.807, 2.05) is 6.92 Å². The first-order chi connectivity index (χ1) is 10.3. The Bertz CT molecular complexity index is 403. The predicted octanol–water partition coefficient (Wildman–Crippen LogP) is 1.44. The number of hydrogen-bond acceptors (Lipinski definition) is 6. The minimum absolute atomic E-state index is 0.0947. The van der Waals surface area contributed by atoms with Crippen molar-refractivity contribution in [3.8, 4) is 0 Å². The maximum absolute atomic E-state index is 12.1. The van der Waals surface area contributed by atoms with Crippen LogP contribution in [-0.2, 0) is 23.9 Å². The van der Waals surface area contributed by atoms with Crippen molar-refractivity contribution in [3.05, 3.63) is 0 Å². The monoisotopic (exact) mass is 315 g/mol. The minimum Gasteiger partial charge on any atom is -0.481 e. The van der Waals surface area contributed by atoms with Crippen molar-refractivity contribution >= 4 is 17.9 Å². The lowest BCUT2D eigenvalue weighted by Crippen LogP contribution is -2.43. The molecule has 1 fully saturated rings. The first-order valence-corrected chi connectivity index (χ1v) is 7.71. The SMILES string of the molecule is CCCC(OC(C)=O)OC(=O)C(N)[C@H]1CC[C@H](C(=O)O)CC1. The van der Waals surface area contributed by atoms with Gasteiger partial charge in [-0.1, -0.05) is 6.92 Å². The molecule has 7 nitrogen and oxygen atoms in total. The van der Waals surface area contributed by atoms with E-state index < -0.39 is 30.2 Å². The number of esters is 2. The molecule has 0 radical (unpaired) electrons. The standard InChI is InChI=1S/C15H25NO6/c1-3-4-12(21-9(2)17)22-15(20)13(16)10-5-7-11(8-6-10)14(18)19/h10-13H,3-8,16H2,1-2H3,(H,18,19)/t10-,11-,12?,13?. The minimum atomic E-state index is -0.906. The maximum atomic E-state index is 12.1. The van der Waals surface area contributed by atoms with Gasteiger partial charge in [0.1, 0.15) is 6.04 Å². The second-order valence-electron chi connectivity index (χ2n) is 5.74. The van der Waals surface area contributed by atoms with Gasteiger partial charge in [0.2, 0.25) is 6.29 Å². The number of hydrogen-bond donors (Lipinski definition) is 2. The molecular formula is C15H25NO6. The van der Waals surface area contributed by atoms with Gasteiger partial charge in [0.05, 0.1) is 5.92 Å². The average molecular weight is 315 g/mol. The van der Waals surface area contributed by atoms with Gasteiger partial charge < -0.3 is 20.3 Å². The Morgan fingerprint density at radius 3 is 2.23 bits per heavy atom. The van der Waals surface area contributed by atoms with Gasteiger partial charge in [0.25, 0.3) is 0 Å². The molecule has 1 rings (SSSR count). The normalized spacial score (nSPS) is 24.1. The second-order valence-corrected chi connectivity index (χ2v) is 5.74. The van der Waals surface area contributed by atoms with Gasteiger partial charge in [-0.2, -0.15) is 0 Å². The molecule has 7 heteroatoms. The van der Waals surface area contributed by atoms with E-state index in [2.05, 4.69) is 0 Å². The van der Waals surface area contributed by atoms with Crippen molar-refractivity contribution in [2.24, 2.45) is 17.6 Å². The molecule has 0 bridgehead atoms. The lowest BCUT2D eigenvalue weighted by atomic mass is 9.79. The molecule has 0 spiro atoms. The van der Waals surface area contributed by atoms with E-state index in [1.54, 1.807) is 0 Å². The molecule has 3 N–H and O–H groups in total. The Labute approximate surface area is 130 Å². The molecule has 22 heavy (non-hydrogen) atoms. The average Bonchev–Trinajstić information content (AvgIpc) is 2.46. The maximum Gasteiger partial charge on any atom is 0.326 e. The van der Waals surface area contributed by atoms with Crippen molar-refractivity contribution in [3.63, 3.8) is 0 Å². The third kappa shape index (κ3) is 5.63. The molecule has 1 aliphatic rings. The van der Waals surface area contributed by atoms with E-state index in [1.165, 1.54) is 6.92 Å². The van der Waals surface area contributed by atoms with Crippen LogP contribution in [0.1, 0.15) is 52.4 Å². The topological polar surface area (TPSA) is 116 Å². The van der Waals surface area contributed by atoms with E-state index in [9.17, 15) is 14.4 Å². The van der Waals surface area contributed by atoms with Gasteiger partial charge in [-0.15, -0.1) is 0 Å². The fourth-order valence-electron chi connectivity index (χ4n) is 2.69. The van der Waals surface area contributed by atoms with E-state index >= 15 is 0 Å². The molecule has 0 aromatic carbocycles. The molecule has 0 aliphatic heterocycles. The van der Waals surface area contributed by atoms with Crippen LogP contribution < -0.4 is 5.73 Å². The molecule has 2 atom stereocenters. The van der Waals surface area contributed by atoms with E-state index in [4.69, 9.17) is 20.3 Å². The van der Waals surface area contributed by atoms with Crippen molar-refractivity contribution in [2.45, 2.75) is 64.7 Å². The van der Waals surface area contributed by atoms with Crippen LogP contribution in [0, 0.1) is 11.8 Å². The second kappa shape index (κ2) is 8.73. The number of rotatable bonds is 7. The highest BCUT2D eigenvalue weighted by molar-refractivity contribution is 5.76. The van der Waals surface area contributed by atoms with Crippen LogP contribution in [0.25, 0.3) is 0 Å². The van der Waals surface area contributed by atoms with Gasteiger partial charge in [-0.05, 0) is 38.0 Å². The number of carbonyl (C=O) groups excluding carboxylic acids is 2. The third-order valence-corrected chi connectivity index (χ3v) is 3.97. The third-order valence-electron chi connectivity index (χ3n) is 3.97. The van der Waals surface area contributed by atoms with Crippen molar-refractivity contribution < 1.29 is 29.0 Å². The van der Waals surface area contributed by atoms with Gasteiger partial charge in [0.15, 0.2) is 0 Å². The van der Waals surface area contributed by atoms with Crippen molar-refractivity contribution in [1.82, 2.24) is 0 Å². The largest absolute Gasteiger partial charge is 0.481 e. The van der Waals surface area contributed by atoms with Gasteiger partial charge in [-0.25, -0.2) is 0 Å². The number of ether oxygens (including phenoxy) is 2. The Morgan fingerprint density at radius 1 is 1.18 bits per heavy atom. The number of carboxylic acid groups (broad SMARTS) is 1. The summed E-state index contributed by atoms with van der Waals surface area (Å²) in [5, 5.41) is 8.96. The van der Waals surface area contributed by atoms with Crippen LogP contribution in [0.3, 0.4) is 0 Å². The summed E-state index contributed by atoms with van der Waals surface area (Å²) in [6.07, 6.45) is 2.41. The Hall–Kier alpha value is -1.63. The predicted molar refractivity (Wildman–Crippen MR) is 77.6 cm³/mol. The fourth-order valence-corrected chi connectivity index (χ4v) is 2.69. The summed E-state index contributed by atoms with van der Waals surface area (Å²) in [6, 6.07) is -0.815. The molecule has 2 unspecified atom stereocenters. The van der Waals surface area contributed by atoms with Gasteiger partial charge in [0, 0.05) is 13.3 Å². The first-order valence-electron chi connectivity index (χ1n) is 7.71. The first kappa shape index (κ1) is 18.4. The number of aliphatic carboxylic acids is 1. The van der Waals surface area contributed by atoms with Crippen molar-refractivity contribution in [2.75, 3.05) is 0 Å². The zero-order valence-corrected chi connectivity index (χ0v) is 13.1. The Morgan fingerprint density at radius 2 is 1.77 bits per heavy atom. The number of carbonyl (C=O) groups is 3. The molecule has 0 amide bonds. The summed E-state index contributed by atoms with van der Waals surface area (Å²) in [5.41, 5.74) is 5.93. The van der Waals surface area contributed by atoms with E-state index in [0.29, 0.717) is 38.5 Å². The van der Waals surface area contributed by atoms with Crippen LogP contribution in [0.15, 0.2) is 0 Å². The van der Waals surface area contributed by atoms with Crippen molar-refractivity contribution in [1.29, 1.82) is 0 Å². The zero-order chi connectivity index (χ0) is 16.7.